The van der Waals surface area contributed by atoms with Crippen LogP contribution in [-0.4, -0.2) is 17.1 Å². The van der Waals surface area contributed by atoms with Gasteiger partial charge >= 0.3 is 5.97 Å². The number of rotatable bonds is 6. The molecule has 0 fully saturated rings. The highest BCUT2D eigenvalue weighted by Crippen LogP contribution is 2.18. The van der Waals surface area contributed by atoms with Crippen molar-refractivity contribution in [1.82, 2.24) is 0 Å². The van der Waals surface area contributed by atoms with Crippen LogP contribution in [0.5, 0.6) is 0 Å². The fourth-order valence-corrected chi connectivity index (χ4v) is 2.11. The molecular weight excluding hydrogens is 226 g/mol. The number of carbonyl (C=O) groups is 1. The maximum atomic E-state index is 10.9. The largest absolute Gasteiger partial charge is 0.478 e. The highest BCUT2D eigenvalue weighted by Gasteiger charge is 2.10. The first-order chi connectivity index (χ1) is 8.43. The average molecular weight is 249 g/mol. The van der Waals surface area contributed by atoms with Crippen molar-refractivity contribution in [2.24, 2.45) is 5.92 Å². The predicted molar refractivity (Wildman–Crippen MR) is 75.3 cm³/mol. The van der Waals surface area contributed by atoms with Gasteiger partial charge in [-0.15, -0.1) is 0 Å². The second-order valence-electron chi connectivity index (χ2n) is 5.13. The van der Waals surface area contributed by atoms with Gasteiger partial charge in [0.05, 0.1) is 5.56 Å². The molecule has 0 saturated heterocycles. The van der Waals surface area contributed by atoms with Gasteiger partial charge in [-0.05, 0) is 49.9 Å². The Bertz CT molecular complexity index is 415. The normalized spacial score (nSPS) is 14.0. The Morgan fingerprint density at radius 3 is 2.56 bits per heavy atom. The molecule has 2 atom stereocenters. The van der Waals surface area contributed by atoms with Gasteiger partial charge in [0.25, 0.3) is 0 Å². The number of nitrogens with one attached hydrogen (secondary N) is 1. The van der Waals surface area contributed by atoms with E-state index in [2.05, 4.69) is 26.1 Å². The molecule has 0 heterocycles. The first-order valence-corrected chi connectivity index (χ1v) is 6.54. The Kier molecular flexibility index (Phi) is 5.20. The van der Waals surface area contributed by atoms with Crippen LogP contribution in [0.25, 0.3) is 0 Å². The van der Waals surface area contributed by atoms with E-state index in [0.29, 0.717) is 17.5 Å². The van der Waals surface area contributed by atoms with Crippen LogP contribution in [0.1, 0.15) is 49.5 Å². The van der Waals surface area contributed by atoms with E-state index in [-0.39, 0.29) is 0 Å². The summed E-state index contributed by atoms with van der Waals surface area (Å²) in [6.45, 7) is 8.43. The maximum Gasteiger partial charge on any atom is 0.335 e. The molecule has 3 heteroatoms. The summed E-state index contributed by atoms with van der Waals surface area (Å²) in [7, 11) is 0. The van der Waals surface area contributed by atoms with E-state index in [1.54, 1.807) is 6.07 Å². The minimum absolute atomic E-state index is 0.370. The van der Waals surface area contributed by atoms with Gasteiger partial charge in [0.15, 0.2) is 0 Å². The first kappa shape index (κ1) is 14.6. The lowest BCUT2D eigenvalue weighted by molar-refractivity contribution is 0.0696. The van der Waals surface area contributed by atoms with Crippen molar-refractivity contribution in [1.29, 1.82) is 0 Å². The molecular formula is C15H23NO2. The number of hydrogen-bond acceptors (Lipinski definition) is 2. The Hall–Kier alpha value is -1.51. The molecule has 1 aromatic rings. The molecule has 2 N–H and O–H groups in total. The molecule has 1 aromatic carbocycles. The summed E-state index contributed by atoms with van der Waals surface area (Å²) in [6.07, 6.45) is 2.30. The number of carboxylic acid groups (broad SMARTS) is 1. The van der Waals surface area contributed by atoms with Gasteiger partial charge in [-0.25, -0.2) is 4.79 Å². The molecule has 0 amide bonds. The summed E-state index contributed by atoms with van der Waals surface area (Å²) in [5.74, 6) is -0.168. The number of hydrogen-bond donors (Lipinski definition) is 2. The molecule has 2 unspecified atom stereocenters. The van der Waals surface area contributed by atoms with Gasteiger partial charge < -0.3 is 10.4 Å². The number of benzene rings is 1. The zero-order chi connectivity index (χ0) is 13.7. The summed E-state index contributed by atoms with van der Waals surface area (Å²) < 4.78 is 0. The number of carboxylic acids is 1. The fourth-order valence-electron chi connectivity index (χ4n) is 2.11. The van der Waals surface area contributed by atoms with Crippen molar-refractivity contribution in [3.05, 3.63) is 29.3 Å². The SMILES string of the molecule is CCC(C)CC(C)Nc1ccc(C(=O)O)c(C)c1. The van der Waals surface area contributed by atoms with E-state index < -0.39 is 5.97 Å². The van der Waals surface area contributed by atoms with E-state index in [9.17, 15) is 4.79 Å². The lowest BCUT2D eigenvalue weighted by Crippen LogP contribution is -2.18. The van der Waals surface area contributed by atoms with Crippen LogP contribution < -0.4 is 5.32 Å². The molecule has 18 heavy (non-hydrogen) atoms. The van der Waals surface area contributed by atoms with Crippen molar-refractivity contribution in [2.45, 2.75) is 46.6 Å². The molecule has 0 aliphatic heterocycles. The maximum absolute atomic E-state index is 10.9. The van der Waals surface area contributed by atoms with E-state index in [0.717, 1.165) is 17.7 Å². The standard InChI is InChI=1S/C15H23NO2/c1-5-10(2)8-12(4)16-13-6-7-14(15(17)18)11(3)9-13/h6-7,9-10,12,16H,5,8H2,1-4H3,(H,17,18). The lowest BCUT2D eigenvalue weighted by atomic mass is 10.00. The van der Waals surface area contributed by atoms with Gasteiger partial charge in [-0.2, -0.15) is 0 Å². The molecule has 0 bridgehead atoms. The van der Waals surface area contributed by atoms with Gasteiger partial charge in [0.2, 0.25) is 0 Å². The van der Waals surface area contributed by atoms with Crippen LogP contribution in [-0.2, 0) is 0 Å². The molecule has 0 radical (unpaired) electrons. The van der Waals surface area contributed by atoms with E-state index in [1.807, 2.05) is 19.1 Å². The smallest absolute Gasteiger partial charge is 0.335 e. The monoisotopic (exact) mass is 249 g/mol. The molecule has 0 aliphatic carbocycles. The first-order valence-electron chi connectivity index (χ1n) is 6.54. The van der Waals surface area contributed by atoms with Crippen molar-refractivity contribution in [2.75, 3.05) is 5.32 Å². The summed E-state index contributed by atoms with van der Waals surface area (Å²) in [4.78, 5) is 10.9. The summed E-state index contributed by atoms with van der Waals surface area (Å²) in [6, 6.07) is 5.80. The minimum Gasteiger partial charge on any atom is -0.478 e. The van der Waals surface area contributed by atoms with Crippen LogP contribution in [0.15, 0.2) is 18.2 Å². The molecule has 0 saturated carbocycles. The number of aryl methyl sites for hydroxylation is 1. The van der Waals surface area contributed by atoms with Crippen LogP contribution in [0.4, 0.5) is 5.69 Å². The molecule has 1 rings (SSSR count). The van der Waals surface area contributed by atoms with Crippen molar-refractivity contribution in [3.8, 4) is 0 Å². The fraction of sp³-hybridized carbons (Fsp3) is 0.533. The molecule has 100 valence electrons. The number of anilines is 1. The second-order valence-corrected chi connectivity index (χ2v) is 5.13. The Labute approximate surface area is 109 Å². The van der Waals surface area contributed by atoms with E-state index in [4.69, 9.17) is 5.11 Å². The quantitative estimate of drug-likeness (QED) is 0.803. The van der Waals surface area contributed by atoms with Crippen molar-refractivity contribution in [3.63, 3.8) is 0 Å². The summed E-state index contributed by atoms with van der Waals surface area (Å²) in [5, 5.41) is 12.4. The molecule has 3 nitrogen and oxygen atoms in total. The van der Waals surface area contributed by atoms with Gasteiger partial charge in [0.1, 0.15) is 0 Å². The van der Waals surface area contributed by atoms with E-state index >= 15 is 0 Å². The highest BCUT2D eigenvalue weighted by atomic mass is 16.4. The zero-order valence-corrected chi connectivity index (χ0v) is 11.7. The third-order valence-corrected chi connectivity index (χ3v) is 3.32. The Morgan fingerprint density at radius 2 is 2.06 bits per heavy atom. The Balaban J connectivity index is 2.68. The van der Waals surface area contributed by atoms with Gasteiger partial charge in [0, 0.05) is 11.7 Å². The van der Waals surface area contributed by atoms with Crippen LogP contribution in [0, 0.1) is 12.8 Å². The highest BCUT2D eigenvalue weighted by molar-refractivity contribution is 5.89. The van der Waals surface area contributed by atoms with Crippen LogP contribution >= 0.6 is 0 Å². The van der Waals surface area contributed by atoms with Gasteiger partial charge in [-0.1, -0.05) is 20.3 Å². The third kappa shape index (κ3) is 4.06. The minimum atomic E-state index is -0.869. The van der Waals surface area contributed by atoms with Crippen LogP contribution in [0.3, 0.4) is 0 Å². The van der Waals surface area contributed by atoms with Crippen molar-refractivity contribution >= 4 is 11.7 Å². The molecule has 0 spiro atoms. The molecule has 0 aromatic heterocycles. The summed E-state index contributed by atoms with van der Waals surface area (Å²) in [5.41, 5.74) is 2.16. The van der Waals surface area contributed by atoms with Gasteiger partial charge in [-0.3, -0.25) is 0 Å². The summed E-state index contributed by atoms with van der Waals surface area (Å²) >= 11 is 0. The molecule has 0 aliphatic rings. The van der Waals surface area contributed by atoms with Crippen LogP contribution in [0.2, 0.25) is 0 Å². The van der Waals surface area contributed by atoms with E-state index in [1.165, 1.54) is 6.42 Å². The predicted octanol–water partition coefficient (Wildman–Crippen LogP) is 3.93. The zero-order valence-electron chi connectivity index (χ0n) is 11.7. The van der Waals surface area contributed by atoms with Crippen molar-refractivity contribution < 1.29 is 9.90 Å². The Morgan fingerprint density at radius 1 is 1.39 bits per heavy atom. The third-order valence-electron chi connectivity index (χ3n) is 3.32. The second kappa shape index (κ2) is 6.43. The topological polar surface area (TPSA) is 49.3 Å². The lowest BCUT2D eigenvalue weighted by Gasteiger charge is -2.19. The number of aromatic carboxylic acids is 1. The average Bonchev–Trinajstić information content (AvgIpc) is 2.28.